The minimum Gasteiger partial charge on any atom is -0.351 e. The molecule has 154 valence electrons. The molecule has 0 bridgehead atoms. The van der Waals surface area contributed by atoms with Crippen LogP contribution in [0.2, 0.25) is 0 Å². The lowest BCUT2D eigenvalue weighted by molar-refractivity contribution is 0.0949. The van der Waals surface area contributed by atoms with Gasteiger partial charge in [0.2, 0.25) is 10.0 Å². The van der Waals surface area contributed by atoms with Crippen LogP contribution >= 0.6 is 0 Å². The van der Waals surface area contributed by atoms with Crippen molar-refractivity contribution in [1.29, 1.82) is 0 Å². The second kappa shape index (κ2) is 7.92. The highest BCUT2D eigenvalue weighted by atomic mass is 32.2. The monoisotopic (exact) mass is 412 g/mol. The number of carbonyl (C=O) groups excluding carboxylic acids is 1. The molecule has 6 heteroatoms. The van der Waals surface area contributed by atoms with Gasteiger partial charge in [0.1, 0.15) is 0 Å². The van der Waals surface area contributed by atoms with Crippen LogP contribution in [-0.4, -0.2) is 37.8 Å². The highest BCUT2D eigenvalue weighted by Gasteiger charge is 2.44. The fraction of sp³-hybridized carbons (Fsp3) is 0.435. The highest BCUT2D eigenvalue weighted by Crippen LogP contribution is 2.47. The SMILES string of the molecule is CC1CCCCN1S(=O)(=O)c1cccc(C(=O)NCC2(c3ccccc3)CC2)c1. The fourth-order valence-electron chi connectivity index (χ4n) is 4.22. The molecule has 1 amide bonds. The molecule has 0 aromatic heterocycles. The molecule has 2 aliphatic rings. The Hall–Kier alpha value is -2.18. The van der Waals surface area contributed by atoms with Gasteiger partial charge >= 0.3 is 0 Å². The minimum atomic E-state index is -3.59. The molecule has 1 saturated carbocycles. The van der Waals surface area contributed by atoms with E-state index in [1.165, 1.54) is 11.6 Å². The van der Waals surface area contributed by atoms with Crippen LogP contribution < -0.4 is 5.32 Å². The van der Waals surface area contributed by atoms with Crippen molar-refractivity contribution in [3.05, 3.63) is 65.7 Å². The zero-order chi connectivity index (χ0) is 20.5. The Bertz CT molecular complexity index is 984. The molecule has 1 N–H and O–H groups in total. The Morgan fingerprint density at radius 3 is 2.55 bits per heavy atom. The summed E-state index contributed by atoms with van der Waals surface area (Å²) in [5.41, 5.74) is 1.65. The maximum absolute atomic E-state index is 13.1. The van der Waals surface area contributed by atoms with Gasteiger partial charge < -0.3 is 5.32 Å². The minimum absolute atomic E-state index is 0.00756. The third-order valence-corrected chi connectivity index (χ3v) is 8.28. The number of sulfonamides is 1. The fourth-order valence-corrected chi connectivity index (χ4v) is 5.97. The second-order valence-electron chi connectivity index (χ2n) is 8.32. The maximum Gasteiger partial charge on any atom is 0.251 e. The molecule has 1 heterocycles. The highest BCUT2D eigenvalue weighted by molar-refractivity contribution is 7.89. The molecule has 0 spiro atoms. The van der Waals surface area contributed by atoms with Crippen molar-refractivity contribution in [2.24, 2.45) is 0 Å². The predicted octanol–water partition coefficient (Wildman–Crippen LogP) is 3.71. The number of hydrogen-bond donors (Lipinski definition) is 1. The van der Waals surface area contributed by atoms with Crippen LogP contribution in [0.25, 0.3) is 0 Å². The van der Waals surface area contributed by atoms with E-state index < -0.39 is 10.0 Å². The molecule has 1 unspecified atom stereocenters. The first-order chi connectivity index (χ1) is 13.9. The number of hydrogen-bond acceptors (Lipinski definition) is 3. The smallest absolute Gasteiger partial charge is 0.251 e. The molecular weight excluding hydrogens is 384 g/mol. The zero-order valence-corrected chi connectivity index (χ0v) is 17.6. The summed E-state index contributed by atoms with van der Waals surface area (Å²) < 4.78 is 27.7. The number of benzene rings is 2. The van der Waals surface area contributed by atoms with Crippen molar-refractivity contribution in [2.75, 3.05) is 13.1 Å². The van der Waals surface area contributed by atoms with E-state index in [1.54, 1.807) is 22.5 Å². The molecule has 1 saturated heterocycles. The van der Waals surface area contributed by atoms with Gasteiger partial charge in [0, 0.05) is 30.1 Å². The van der Waals surface area contributed by atoms with Crippen LogP contribution in [-0.2, 0) is 15.4 Å². The zero-order valence-electron chi connectivity index (χ0n) is 16.8. The molecule has 1 aliphatic carbocycles. The topological polar surface area (TPSA) is 66.5 Å². The summed E-state index contributed by atoms with van der Waals surface area (Å²) in [5, 5.41) is 3.02. The van der Waals surface area contributed by atoms with Gasteiger partial charge in [0.05, 0.1) is 4.90 Å². The van der Waals surface area contributed by atoms with E-state index in [1.807, 2.05) is 25.1 Å². The number of nitrogens with zero attached hydrogens (tertiary/aromatic N) is 1. The summed E-state index contributed by atoms with van der Waals surface area (Å²) in [6.07, 6.45) is 4.92. The quantitative estimate of drug-likeness (QED) is 0.787. The van der Waals surface area contributed by atoms with Crippen molar-refractivity contribution in [3.63, 3.8) is 0 Å². The van der Waals surface area contributed by atoms with Crippen LogP contribution in [0.15, 0.2) is 59.5 Å². The Labute approximate surface area is 173 Å². The van der Waals surface area contributed by atoms with Crippen molar-refractivity contribution < 1.29 is 13.2 Å². The van der Waals surface area contributed by atoms with Gasteiger partial charge in [-0.2, -0.15) is 4.31 Å². The largest absolute Gasteiger partial charge is 0.351 e. The van der Waals surface area contributed by atoms with Gasteiger partial charge in [0.15, 0.2) is 0 Å². The second-order valence-corrected chi connectivity index (χ2v) is 10.2. The van der Waals surface area contributed by atoms with Crippen molar-refractivity contribution in [1.82, 2.24) is 9.62 Å². The molecule has 2 fully saturated rings. The molecule has 1 atom stereocenters. The summed E-state index contributed by atoms with van der Waals surface area (Å²) in [5.74, 6) is -0.226. The molecule has 0 radical (unpaired) electrons. The number of amides is 1. The van der Waals surface area contributed by atoms with E-state index in [0.717, 1.165) is 32.1 Å². The average molecular weight is 413 g/mol. The number of piperidine rings is 1. The standard InChI is InChI=1S/C23H28N2O3S/c1-18-8-5-6-15-25(18)29(27,28)21-12-7-9-19(16-21)22(26)24-17-23(13-14-23)20-10-3-2-4-11-20/h2-4,7,9-12,16,18H,5-6,8,13-15,17H2,1H3,(H,24,26). The third kappa shape index (κ3) is 4.09. The van der Waals surface area contributed by atoms with Gasteiger partial charge in [0.25, 0.3) is 5.91 Å². The first kappa shape index (κ1) is 20.1. The van der Waals surface area contributed by atoms with E-state index in [2.05, 4.69) is 17.4 Å². The van der Waals surface area contributed by atoms with E-state index in [4.69, 9.17) is 0 Å². The van der Waals surface area contributed by atoms with E-state index >= 15 is 0 Å². The lowest BCUT2D eigenvalue weighted by Crippen LogP contribution is -2.42. The van der Waals surface area contributed by atoms with Gasteiger partial charge in [-0.25, -0.2) is 8.42 Å². The first-order valence-corrected chi connectivity index (χ1v) is 11.8. The van der Waals surface area contributed by atoms with Gasteiger partial charge in [-0.1, -0.05) is 42.8 Å². The van der Waals surface area contributed by atoms with Crippen molar-refractivity contribution in [2.45, 2.75) is 55.4 Å². The van der Waals surface area contributed by atoms with Gasteiger partial charge in [-0.3, -0.25) is 4.79 Å². The van der Waals surface area contributed by atoms with E-state index in [-0.39, 0.29) is 22.3 Å². The molecule has 29 heavy (non-hydrogen) atoms. The summed E-state index contributed by atoms with van der Waals surface area (Å²) in [7, 11) is -3.59. The Morgan fingerprint density at radius 2 is 1.86 bits per heavy atom. The predicted molar refractivity (Wildman–Crippen MR) is 113 cm³/mol. The summed E-state index contributed by atoms with van der Waals surface area (Å²) >= 11 is 0. The molecule has 5 nitrogen and oxygen atoms in total. The molecule has 1 aliphatic heterocycles. The van der Waals surface area contributed by atoms with Crippen LogP contribution in [0.3, 0.4) is 0 Å². The number of rotatable bonds is 6. The Balaban J connectivity index is 1.48. The molecule has 2 aromatic carbocycles. The van der Waals surface area contributed by atoms with E-state index in [0.29, 0.717) is 18.7 Å². The van der Waals surface area contributed by atoms with Crippen LogP contribution in [0.5, 0.6) is 0 Å². The van der Waals surface area contributed by atoms with Crippen LogP contribution in [0.4, 0.5) is 0 Å². The normalized spacial score (nSPS) is 21.5. The summed E-state index contributed by atoms with van der Waals surface area (Å²) in [6.45, 7) is 3.06. The van der Waals surface area contributed by atoms with Crippen LogP contribution in [0.1, 0.15) is 54.9 Å². The van der Waals surface area contributed by atoms with Crippen molar-refractivity contribution in [3.8, 4) is 0 Å². The van der Waals surface area contributed by atoms with E-state index in [9.17, 15) is 13.2 Å². The molecular formula is C23H28N2O3S. The molecule has 2 aromatic rings. The molecule has 4 rings (SSSR count). The van der Waals surface area contributed by atoms with Crippen molar-refractivity contribution >= 4 is 15.9 Å². The Morgan fingerprint density at radius 1 is 1.10 bits per heavy atom. The summed E-state index contributed by atoms with van der Waals surface area (Å²) in [6, 6.07) is 16.7. The number of carbonyl (C=O) groups is 1. The van der Waals surface area contributed by atoms with Crippen LogP contribution in [0, 0.1) is 0 Å². The Kier molecular flexibility index (Phi) is 5.49. The average Bonchev–Trinajstić information content (AvgIpc) is 3.54. The lowest BCUT2D eigenvalue weighted by Gasteiger charge is -2.32. The number of nitrogens with one attached hydrogen (secondary N) is 1. The maximum atomic E-state index is 13.1. The first-order valence-electron chi connectivity index (χ1n) is 10.4. The van der Waals surface area contributed by atoms with Gasteiger partial charge in [-0.05, 0) is 56.4 Å². The summed E-state index contributed by atoms with van der Waals surface area (Å²) in [4.78, 5) is 12.9. The lowest BCUT2D eigenvalue weighted by atomic mass is 9.96. The third-order valence-electron chi connectivity index (χ3n) is 6.27. The van der Waals surface area contributed by atoms with Gasteiger partial charge in [-0.15, -0.1) is 0 Å².